The maximum absolute atomic E-state index is 12.6. The number of amides is 1. The molecular weight excluding hydrogens is 382 g/mol. The predicted octanol–water partition coefficient (Wildman–Crippen LogP) is 4.24. The van der Waals surface area contributed by atoms with Gasteiger partial charge < -0.3 is 10.3 Å². The van der Waals surface area contributed by atoms with Crippen LogP contribution in [0.5, 0.6) is 0 Å². The van der Waals surface area contributed by atoms with Crippen LogP contribution in [0.4, 0.5) is 0 Å². The Bertz CT molecular complexity index is 1080. The van der Waals surface area contributed by atoms with Crippen molar-refractivity contribution in [2.75, 3.05) is 0 Å². The van der Waals surface area contributed by atoms with Crippen LogP contribution >= 0.6 is 11.3 Å². The van der Waals surface area contributed by atoms with Crippen LogP contribution < -0.4 is 10.9 Å². The molecule has 1 aliphatic rings. The molecule has 0 saturated carbocycles. The van der Waals surface area contributed by atoms with E-state index in [0.29, 0.717) is 31.1 Å². The molecule has 0 spiro atoms. The van der Waals surface area contributed by atoms with Gasteiger partial charge in [0.15, 0.2) is 0 Å². The molecule has 0 fully saturated rings. The number of thiophene rings is 1. The Labute approximate surface area is 174 Å². The van der Waals surface area contributed by atoms with Gasteiger partial charge in [-0.05, 0) is 48.3 Å². The molecule has 0 unspecified atom stereocenters. The number of aryl methyl sites for hydroxylation is 3. The molecule has 3 aromatic rings. The highest BCUT2D eigenvalue weighted by molar-refractivity contribution is 7.18. The van der Waals surface area contributed by atoms with Crippen molar-refractivity contribution in [2.45, 2.75) is 64.8 Å². The quantitative estimate of drug-likeness (QED) is 0.640. The Kier molecular flexibility index (Phi) is 5.81. The summed E-state index contributed by atoms with van der Waals surface area (Å²) < 4.78 is 0. The zero-order valence-electron chi connectivity index (χ0n) is 17.0. The summed E-state index contributed by atoms with van der Waals surface area (Å²) in [7, 11) is 0. The molecule has 0 radical (unpaired) electrons. The summed E-state index contributed by atoms with van der Waals surface area (Å²) in [5, 5.41) is 3.72. The number of carbonyl (C=O) groups excluding carboxylic acids is 1. The molecule has 1 amide bonds. The lowest BCUT2D eigenvalue weighted by Crippen LogP contribution is -2.23. The second-order valence-corrected chi connectivity index (χ2v) is 9.16. The molecule has 1 aromatic carbocycles. The molecule has 2 aromatic heterocycles. The third kappa shape index (κ3) is 4.42. The van der Waals surface area contributed by atoms with E-state index in [0.717, 1.165) is 35.0 Å². The van der Waals surface area contributed by atoms with Crippen LogP contribution in [0.3, 0.4) is 0 Å². The monoisotopic (exact) mass is 409 g/mol. The smallest absolute Gasteiger partial charge is 0.259 e. The average Bonchev–Trinajstić information content (AvgIpc) is 3.10. The molecule has 1 aliphatic carbocycles. The standard InChI is InChI=1S/C23H27N3O2S/c1-14(2)16-9-7-15(8-10-16)13-24-20(27)12-11-19-25-22(28)21-17-5-3-4-6-18(17)29-23(21)26-19/h7-10,14H,3-6,11-13H2,1-2H3,(H,24,27)(H,25,26,28). The Morgan fingerprint density at radius 1 is 1.21 bits per heavy atom. The molecule has 2 N–H and O–H groups in total. The van der Waals surface area contributed by atoms with E-state index in [4.69, 9.17) is 0 Å². The number of rotatable bonds is 6. The van der Waals surface area contributed by atoms with Crippen LogP contribution in [0.1, 0.15) is 66.4 Å². The summed E-state index contributed by atoms with van der Waals surface area (Å²) in [5.74, 6) is 1.06. The Morgan fingerprint density at radius 2 is 1.97 bits per heavy atom. The van der Waals surface area contributed by atoms with Crippen LogP contribution in [0.15, 0.2) is 29.1 Å². The van der Waals surface area contributed by atoms with Gasteiger partial charge in [0.1, 0.15) is 10.7 Å². The second kappa shape index (κ2) is 8.49. The van der Waals surface area contributed by atoms with Gasteiger partial charge in [0.2, 0.25) is 5.91 Å². The molecule has 29 heavy (non-hydrogen) atoms. The molecule has 6 heteroatoms. The number of fused-ring (bicyclic) bond motifs is 3. The minimum absolute atomic E-state index is 0.0360. The number of nitrogens with zero attached hydrogens (tertiary/aromatic N) is 1. The molecule has 0 atom stereocenters. The van der Waals surface area contributed by atoms with E-state index in [1.54, 1.807) is 11.3 Å². The van der Waals surface area contributed by atoms with Crippen molar-refractivity contribution in [1.29, 1.82) is 0 Å². The second-order valence-electron chi connectivity index (χ2n) is 8.08. The van der Waals surface area contributed by atoms with E-state index in [1.807, 2.05) is 0 Å². The van der Waals surface area contributed by atoms with Crippen LogP contribution in [-0.2, 0) is 30.6 Å². The Hall–Kier alpha value is -2.47. The SMILES string of the molecule is CC(C)c1ccc(CNC(=O)CCc2nc3sc4c(c3c(=O)[nH]2)CCCC4)cc1. The van der Waals surface area contributed by atoms with Gasteiger partial charge in [-0.2, -0.15) is 0 Å². The lowest BCUT2D eigenvalue weighted by molar-refractivity contribution is -0.121. The van der Waals surface area contributed by atoms with Crippen LogP contribution in [-0.4, -0.2) is 15.9 Å². The van der Waals surface area contributed by atoms with Crippen molar-refractivity contribution in [1.82, 2.24) is 15.3 Å². The molecule has 0 saturated heterocycles. The first-order chi connectivity index (χ1) is 14.0. The zero-order chi connectivity index (χ0) is 20.4. The van der Waals surface area contributed by atoms with E-state index < -0.39 is 0 Å². The van der Waals surface area contributed by atoms with E-state index in [1.165, 1.54) is 22.4 Å². The summed E-state index contributed by atoms with van der Waals surface area (Å²) in [6.07, 6.45) is 5.09. The summed E-state index contributed by atoms with van der Waals surface area (Å²) >= 11 is 1.64. The van der Waals surface area contributed by atoms with Crippen molar-refractivity contribution in [3.05, 3.63) is 62.0 Å². The van der Waals surface area contributed by atoms with E-state index in [9.17, 15) is 9.59 Å². The average molecular weight is 410 g/mol. The number of benzene rings is 1. The summed E-state index contributed by atoms with van der Waals surface area (Å²) in [4.78, 5) is 34.5. The van der Waals surface area contributed by atoms with Gasteiger partial charge in [0, 0.05) is 24.3 Å². The predicted molar refractivity (Wildman–Crippen MR) is 118 cm³/mol. The summed E-state index contributed by atoms with van der Waals surface area (Å²) in [6.45, 7) is 4.84. The highest BCUT2D eigenvalue weighted by atomic mass is 32.1. The first kappa shape index (κ1) is 19.8. The third-order valence-corrected chi connectivity index (χ3v) is 6.78. The first-order valence-corrected chi connectivity index (χ1v) is 11.2. The van der Waals surface area contributed by atoms with Crippen molar-refractivity contribution in [2.24, 2.45) is 0 Å². The number of hydrogen-bond donors (Lipinski definition) is 2. The van der Waals surface area contributed by atoms with Gasteiger partial charge in [-0.25, -0.2) is 4.98 Å². The van der Waals surface area contributed by atoms with Crippen LogP contribution in [0, 0.1) is 0 Å². The fraction of sp³-hybridized carbons (Fsp3) is 0.435. The van der Waals surface area contributed by atoms with Gasteiger partial charge in [-0.1, -0.05) is 38.1 Å². The van der Waals surface area contributed by atoms with E-state index >= 15 is 0 Å². The summed E-state index contributed by atoms with van der Waals surface area (Å²) in [6, 6.07) is 8.33. The maximum Gasteiger partial charge on any atom is 0.259 e. The molecule has 2 heterocycles. The first-order valence-electron chi connectivity index (χ1n) is 10.4. The Balaban J connectivity index is 1.36. The lowest BCUT2D eigenvalue weighted by Gasteiger charge is -2.09. The largest absolute Gasteiger partial charge is 0.352 e. The molecule has 4 rings (SSSR count). The molecule has 152 valence electrons. The van der Waals surface area contributed by atoms with Crippen LogP contribution in [0.2, 0.25) is 0 Å². The highest BCUT2D eigenvalue weighted by Crippen LogP contribution is 2.33. The fourth-order valence-corrected chi connectivity index (χ4v) is 5.15. The number of aromatic nitrogens is 2. The molecule has 0 aliphatic heterocycles. The number of carbonyl (C=O) groups is 1. The van der Waals surface area contributed by atoms with Crippen molar-refractivity contribution in [3.8, 4) is 0 Å². The number of H-pyrrole nitrogens is 1. The van der Waals surface area contributed by atoms with Gasteiger partial charge in [0.05, 0.1) is 5.39 Å². The van der Waals surface area contributed by atoms with Gasteiger partial charge in [0.25, 0.3) is 5.56 Å². The third-order valence-electron chi connectivity index (χ3n) is 5.60. The maximum atomic E-state index is 12.6. The Morgan fingerprint density at radius 3 is 2.72 bits per heavy atom. The highest BCUT2D eigenvalue weighted by Gasteiger charge is 2.19. The number of aromatic amines is 1. The topological polar surface area (TPSA) is 74.8 Å². The van der Waals surface area contributed by atoms with Crippen molar-refractivity contribution in [3.63, 3.8) is 0 Å². The van der Waals surface area contributed by atoms with Crippen LogP contribution in [0.25, 0.3) is 10.2 Å². The normalized spacial score (nSPS) is 13.6. The summed E-state index contributed by atoms with van der Waals surface area (Å²) in [5.41, 5.74) is 3.51. The van der Waals surface area contributed by atoms with Gasteiger partial charge in [-0.15, -0.1) is 11.3 Å². The van der Waals surface area contributed by atoms with Gasteiger partial charge >= 0.3 is 0 Å². The number of nitrogens with one attached hydrogen (secondary N) is 2. The molecular formula is C23H27N3O2S. The lowest BCUT2D eigenvalue weighted by atomic mass is 9.97. The van der Waals surface area contributed by atoms with Gasteiger partial charge in [-0.3, -0.25) is 9.59 Å². The number of hydrogen-bond acceptors (Lipinski definition) is 4. The minimum atomic E-state index is -0.0601. The van der Waals surface area contributed by atoms with Crippen molar-refractivity contribution >= 4 is 27.5 Å². The van der Waals surface area contributed by atoms with E-state index in [2.05, 4.69) is 53.4 Å². The fourth-order valence-electron chi connectivity index (χ4n) is 3.87. The minimum Gasteiger partial charge on any atom is -0.352 e. The zero-order valence-corrected chi connectivity index (χ0v) is 17.8. The van der Waals surface area contributed by atoms with E-state index in [-0.39, 0.29) is 11.5 Å². The molecule has 5 nitrogen and oxygen atoms in total. The van der Waals surface area contributed by atoms with Crippen molar-refractivity contribution < 1.29 is 4.79 Å². The molecule has 0 bridgehead atoms.